The van der Waals surface area contributed by atoms with Crippen molar-refractivity contribution in [3.05, 3.63) is 58.6 Å². The normalized spacial score (nSPS) is 13.8. The zero-order chi connectivity index (χ0) is 19.4. The fourth-order valence-electron chi connectivity index (χ4n) is 3.00. The largest absolute Gasteiger partial charge is 0.465 e. The van der Waals surface area contributed by atoms with Gasteiger partial charge < -0.3 is 20.2 Å². The lowest BCUT2D eigenvalue weighted by molar-refractivity contribution is 0.102. The van der Waals surface area contributed by atoms with Gasteiger partial charge in [-0.2, -0.15) is 5.26 Å². The molecule has 1 aliphatic rings. The quantitative estimate of drug-likeness (QED) is 0.846. The van der Waals surface area contributed by atoms with E-state index in [0.717, 1.165) is 0 Å². The molecule has 1 saturated heterocycles. The molecule has 7 nitrogen and oxygen atoms in total. The van der Waals surface area contributed by atoms with Gasteiger partial charge in [0.15, 0.2) is 0 Å². The summed E-state index contributed by atoms with van der Waals surface area (Å²) in [5.74, 6) is -0.398. The van der Waals surface area contributed by atoms with Crippen LogP contribution in [0.2, 0.25) is 5.02 Å². The Labute approximate surface area is 161 Å². The molecule has 138 valence electrons. The summed E-state index contributed by atoms with van der Waals surface area (Å²) in [6, 6.07) is 14.0. The minimum Gasteiger partial charge on any atom is -0.465 e. The van der Waals surface area contributed by atoms with Gasteiger partial charge >= 0.3 is 6.09 Å². The first kappa shape index (κ1) is 18.5. The Bertz CT molecular complexity index is 917. The molecule has 1 heterocycles. The first-order valence-corrected chi connectivity index (χ1v) is 8.71. The Balaban J connectivity index is 1.83. The van der Waals surface area contributed by atoms with E-state index < -0.39 is 12.0 Å². The van der Waals surface area contributed by atoms with Crippen LogP contribution < -0.4 is 10.2 Å². The summed E-state index contributed by atoms with van der Waals surface area (Å²) in [4.78, 5) is 26.9. The molecule has 1 aliphatic heterocycles. The number of nitrogens with one attached hydrogen (secondary N) is 1. The molecule has 0 spiro atoms. The van der Waals surface area contributed by atoms with E-state index in [1.54, 1.807) is 42.5 Å². The Morgan fingerprint density at radius 2 is 1.78 bits per heavy atom. The van der Waals surface area contributed by atoms with Crippen molar-refractivity contribution in [2.45, 2.75) is 0 Å². The number of rotatable bonds is 3. The Kier molecular flexibility index (Phi) is 5.48. The van der Waals surface area contributed by atoms with Crippen molar-refractivity contribution in [1.82, 2.24) is 4.90 Å². The number of nitriles is 1. The molecule has 0 aromatic heterocycles. The SMILES string of the molecule is N#Cc1c(NC(=O)c2ccccc2Cl)cccc1N1CCN(C(=O)O)CC1. The molecule has 2 N–H and O–H groups in total. The number of halogens is 1. The lowest BCUT2D eigenvalue weighted by Gasteiger charge is -2.35. The van der Waals surface area contributed by atoms with E-state index in [0.29, 0.717) is 53.7 Å². The number of hydrogen-bond acceptors (Lipinski definition) is 4. The third-order valence-electron chi connectivity index (χ3n) is 4.41. The highest BCUT2D eigenvalue weighted by atomic mass is 35.5. The summed E-state index contributed by atoms with van der Waals surface area (Å²) < 4.78 is 0. The summed E-state index contributed by atoms with van der Waals surface area (Å²) in [6.07, 6.45) is -0.948. The van der Waals surface area contributed by atoms with Crippen LogP contribution in [0.4, 0.5) is 16.2 Å². The summed E-state index contributed by atoms with van der Waals surface area (Å²) in [5.41, 5.74) is 1.71. The van der Waals surface area contributed by atoms with Crippen molar-refractivity contribution in [1.29, 1.82) is 5.26 Å². The van der Waals surface area contributed by atoms with Crippen molar-refractivity contribution in [3.63, 3.8) is 0 Å². The molecule has 27 heavy (non-hydrogen) atoms. The van der Waals surface area contributed by atoms with Gasteiger partial charge in [-0.15, -0.1) is 0 Å². The lowest BCUT2D eigenvalue weighted by Crippen LogP contribution is -2.48. The van der Waals surface area contributed by atoms with Crippen molar-refractivity contribution in [2.75, 3.05) is 36.4 Å². The van der Waals surface area contributed by atoms with E-state index in [2.05, 4.69) is 11.4 Å². The number of anilines is 2. The van der Waals surface area contributed by atoms with Gasteiger partial charge in [-0.25, -0.2) is 4.79 Å². The number of amides is 2. The van der Waals surface area contributed by atoms with Crippen LogP contribution in [0.1, 0.15) is 15.9 Å². The number of carboxylic acid groups (broad SMARTS) is 1. The molecule has 8 heteroatoms. The van der Waals surface area contributed by atoms with Gasteiger partial charge in [0.05, 0.1) is 27.5 Å². The molecule has 2 aromatic rings. The van der Waals surface area contributed by atoms with Crippen molar-refractivity contribution < 1.29 is 14.7 Å². The van der Waals surface area contributed by atoms with E-state index in [1.165, 1.54) is 4.90 Å². The number of nitrogens with zero attached hydrogens (tertiary/aromatic N) is 3. The molecular formula is C19H17ClN4O3. The zero-order valence-corrected chi connectivity index (χ0v) is 15.1. The third kappa shape index (κ3) is 3.96. The molecule has 0 aliphatic carbocycles. The maximum absolute atomic E-state index is 12.5. The predicted molar refractivity (Wildman–Crippen MR) is 102 cm³/mol. The highest BCUT2D eigenvalue weighted by Crippen LogP contribution is 2.29. The van der Waals surface area contributed by atoms with Gasteiger partial charge in [0.25, 0.3) is 5.91 Å². The van der Waals surface area contributed by atoms with Gasteiger partial charge in [-0.1, -0.05) is 29.8 Å². The molecule has 2 amide bonds. The summed E-state index contributed by atoms with van der Waals surface area (Å²) in [6.45, 7) is 1.67. The minimum atomic E-state index is -0.948. The van der Waals surface area contributed by atoms with Gasteiger partial charge in [0.1, 0.15) is 6.07 Å². The predicted octanol–water partition coefficient (Wildman–Crippen LogP) is 3.26. The van der Waals surface area contributed by atoms with Crippen LogP contribution in [0, 0.1) is 11.3 Å². The fourth-order valence-corrected chi connectivity index (χ4v) is 3.22. The number of carbonyl (C=O) groups excluding carboxylic acids is 1. The van der Waals surface area contributed by atoms with Crippen LogP contribution in [-0.4, -0.2) is 48.2 Å². The lowest BCUT2D eigenvalue weighted by atomic mass is 10.1. The highest BCUT2D eigenvalue weighted by molar-refractivity contribution is 6.34. The van der Waals surface area contributed by atoms with E-state index >= 15 is 0 Å². The second kappa shape index (κ2) is 7.98. The van der Waals surface area contributed by atoms with Crippen LogP contribution in [0.3, 0.4) is 0 Å². The maximum atomic E-state index is 12.5. The molecule has 2 aromatic carbocycles. The van der Waals surface area contributed by atoms with Crippen LogP contribution >= 0.6 is 11.6 Å². The van der Waals surface area contributed by atoms with E-state index in [9.17, 15) is 14.9 Å². The number of piperazine rings is 1. The Morgan fingerprint density at radius 1 is 1.07 bits per heavy atom. The number of hydrogen-bond donors (Lipinski definition) is 2. The molecular weight excluding hydrogens is 368 g/mol. The van der Waals surface area contributed by atoms with Gasteiger partial charge in [-0.05, 0) is 24.3 Å². The average molecular weight is 385 g/mol. The molecule has 3 rings (SSSR count). The van der Waals surface area contributed by atoms with Crippen molar-refractivity contribution >= 4 is 35.0 Å². The van der Waals surface area contributed by atoms with E-state index in [4.69, 9.17) is 16.7 Å². The average Bonchev–Trinajstić information content (AvgIpc) is 2.68. The fraction of sp³-hybridized carbons (Fsp3) is 0.211. The Morgan fingerprint density at radius 3 is 2.41 bits per heavy atom. The standard InChI is InChI=1S/C19H17ClN4O3/c20-15-5-2-1-4-13(15)18(25)22-16-6-3-7-17(14(16)12-21)23-8-10-24(11-9-23)19(26)27/h1-7H,8-11H2,(H,22,25)(H,26,27). The highest BCUT2D eigenvalue weighted by Gasteiger charge is 2.23. The summed E-state index contributed by atoms with van der Waals surface area (Å²) in [7, 11) is 0. The topological polar surface area (TPSA) is 96.7 Å². The Hall–Kier alpha value is -3.24. The monoisotopic (exact) mass is 384 g/mol. The first-order valence-electron chi connectivity index (χ1n) is 8.33. The zero-order valence-electron chi connectivity index (χ0n) is 14.4. The second-order valence-corrected chi connectivity index (χ2v) is 6.41. The van der Waals surface area contributed by atoms with Crippen LogP contribution in [0.15, 0.2) is 42.5 Å². The smallest absolute Gasteiger partial charge is 0.407 e. The summed E-state index contributed by atoms with van der Waals surface area (Å²) >= 11 is 6.06. The number of benzene rings is 2. The van der Waals surface area contributed by atoms with Gasteiger partial charge in [0.2, 0.25) is 0 Å². The number of carbonyl (C=O) groups is 2. The van der Waals surface area contributed by atoms with Crippen LogP contribution in [-0.2, 0) is 0 Å². The van der Waals surface area contributed by atoms with Gasteiger partial charge in [0, 0.05) is 26.2 Å². The molecule has 0 radical (unpaired) electrons. The van der Waals surface area contributed by atoms with Crippen LogP contribution in [0.25, 0.3) is 0 Å². The van der Waals surface area contributed by atoms with Gasteiger partial charge in [-0.3, -0.25) is 4.79 Å². The molecule has 0 bridgehead atoms. The molecule has 0 atom stereocenters. The third-order valence-corrected chi connectivity index (χ3v) is 4.74. The van der Waals surface area contributed by atoms with E-state index in [-0.39, 0.29) is 0 Å². The second-order valence-electron chi connectivity index (χ2n) is 6.00. The van der Waals surface area contributed by atoms with Crippen molar-refractivity contribution in [3.8, 4) is 6.07 Å². The molecule has 0 saturated carbocycles. The minimum absolute atomic E-state index is 0.323. The summed E-state index contributed by atoms with van der Waals surface area (Å²) in [5, 5.41) is 21.8. The van der Waals surface area contributed by atoms with Crippen LogP contribution in [0.5, 0.6) is 0 Å². The first-order chi connectivity index (χ1) is 13.0. The molecule has 0 unspecified atom stereocenters. The molecule has 1 fully saturated rings. The van der Waals surface area contributed by atoms with E-state index in [1.807, 2.05) is 4.90 Å². The maximum Gasteiger partial charge on any atom is 0.407 e. The van der Waals surface area contributed by atoms with Crippen molar-refractivity contribution in [2.24, 2.45) is 0 Å².